The number of nitrogens with one attached hydrogen (secondary N) is 4. The first kappa shape index (κ1) is 31.8. The van der Waals surface area contributed by atoms with E-state index in [1.165, 1.54) is 0 Å². The monoisotopic (exact) mass is 560 g/mol. The number of para-hydroxylation sites is 1. The van der Waals surface area contributed by atoms with E-state index < -0.39 is 66.2 Å². The highest BCUT2D eigenvalue weighted by atomic mass is 16.4. The number of benzene rings is 1. The van der Waals surface area contributed by atoms with Crippen molar-refractivity contribution in [2.75, 3.05) is 0 Å². The molecular formula is C26H36N6O8. The molecule has 0 aliphatic carbocycles. The molecule has 0 aliphatic rings. The van der Waals surface area contributed by atoms with E-state index in [4.69, 9.17) is 16.6 Å². The number of carboxylic acid groups (broad SMARTS) is 2. The molecule has 0 radical (unpaired) electrons. The maximum absolute atomic E-state index is 13.2. The lowest BCUT2D eigenvalue weighted by molar-refractivity contribution is -0.147. The molecule has 1 aromatic heterocycles. The molecule has 1 aromatic carbocycles. The van der Waals surface area contributed by atoms with Crippen molar-refractivity contribution in [3.05, 3.63) is 36.0 Å². The van der Waals surface area contributed by atoms with Gasteiger partial charge in [0.1, 0.15) is 18.1 Å². The Morgan fingerprint density at radius 1 is 0.900 bits per heavy atom. The standard InChI is InChI=1S/C26H36N6O8/c1-13(2)9-19(25(38)32-20(26(39)40)11-22(34)35)31-24(37)18(7-8-21(28)33)30-23(36)16(27)10-14-12-29-17-6-4-3-5-15(14)17/h3-6,12-13,16,18-20,29H,7-11,27H2,1-2H3,(H2,28,33)(H,30,36)(H,31,37)(H,32,38)(H,34,35)(H,39,40). The van der Waals surface area contributed by atoms with Gasteiger partial charge in [0.2, 0.25) is 23.6 Å². The molecule has 4 atom stereocenters. The first-order valence-corrected chi connectivity index (χ1v) is 12.7. The summed E-state index contributed by atoms with van der Waals surface area (Å²) < 4.78 is 0. The van der Waals surface area contributed by atoms with E-state index in [-0.39, 0.29) is 31.6 Å². The van der Waals surface area contributed by atoms with Gasteiger partial charge < -0.3 is 42.6 Å². The third-order valence-electron chi connectivity index (χ3n) is 6.10. The van der Waals surface area contributed by atoms with Crippen LogP contribution in [0.4, 0.5) is 0 Å². The molecule has 0 fully saturated rings. The molecule has 0 saturated heterocycles. The van der Waals surface area contributed by atoms with Crippen LogP contribution in [0, 0.1) is 5.92 Å². The van der Waals surface area contributed by atoms with Crippen LogP contribution in [0.5, 0.6) is 0 Å². The molecule has 40 heavy (non-hydrogen) atoms. The predicted octanol–water partition coefficient (Wildman–Crippen LogP) is -0.637. The number of hydrogen-bond acceptors (Lipinski definition) is 7. The number of primary amides is 1. The van der Waals surface area contributed by atoms with E-state index in [2.05, 4.69) is 20.9 Å². The second kappa shape index (κ2) is 14.6. The molecular weight excluding hydrogens is 524 g/mol. The Balaban J connectivity index is 2.16. The second-order valence-electron chi connectivity index (χ2n) is 9.92. The van der Waals surface area contributed by atoms with E-state index in [1.54, 1.807) is 20.0 Å². The fourth-order valence-electron chi connectivity index (χ4n) is 4.09. The molecule has 14 heteroatoms. The largest absolute Gasteiger partial charge is 0.481 e. The maximum atomic E-state index is 13.2. The van der Waals surface area contributed by atoms with Gasteiger partial charge >= 0.3 is 11.9 Å². The zero-order valence-electron chi connectivity index (χ0n) is 22.3. The predicted molar refractivity (Wildman–Crippen MR) is 144 cm³/mol. The molecule has 10 N–H and O–H groups in total. The van der Waals surface area contributed by atoms with Gasteiger partial charge in [-0.25, -0.2) is 4.79 Å². The van der Waals surface area contributed by atoms with Crippen LogP contribution in [-0.2, 0) is 35.2 Å². The van der Waals surface area contributed by atoms with Crippen LogP contribution in [0.25, 0.3) is 10.9 Å². The second-order valence-corrected chi connectivity index (χ2v) is 9.92. The molecule has 2 rings (SSSR count). The molecule has 1 heterocycles. The summed E-state index contributed by atoms with van der Waals surface area (Å²) in [6.45, 7) is 3.52. The fourth-order valence-corrected chi connectivity index (χ4v) is 4.09. The summed E-state index contributed by atoms with van der Waals surface area (Å²) in [6.07, 6.45) is 0.663. The number of hydrogen-bond donors (Lipinski definition) is 8. The molecule has 218 valence electrons. The number of fused-ring (bicyclic) bond motifs is 1. The molecule has 0 bridgehead atoms. The number of aromatic amines is 1. The Hall–Kier alpha value is -4.46. The third kappa shape index (κ3) is 9.69. The summed E-state index contributed by atoms with van der Waals surface area (Å²) >= 11 is 0. The number of carboxylic acids is 2. The van der Waals surface area contributed by atoms with Crippen molar-refractivity contribution in [1.82, 2.24) is 20.9 Å². The molecule has 4 amide bonds. The first-order chi connectivity index (χ1) is 18.8. The van der Waals surface area contributed by atoms with Crippen molar-refractivity contribution >= 4 is 46.5 Å². The Labute approximate surface area is 230 Å². The van der Waals surface area contributed by atoms with Gasteiger partial charge in [0, 0.05) is 23.5 Å². The van der Waals surface area contributed by atoms with Gasteiger partial charge in [0.15, 0.2) is 0 Å². The number of H-pyrrole nitrogens is 1. The minimum absolute atomic E-state index is 0.0769. The average Bonchev–Trinajstić information content (AvgIpc) is 3.27. The average molecular weight is 561 g/mol. The number of amides is 4. The lowest BCUT2D eigenvalue weighted by atomic mass is 10.0. The van der Waals surface area contributed by atoms with E-state index in [9.17, 15) is 33.9 Å². The summed E-state index contributed by atoms with van der Waals surface area (Å²) in [7, 11) is 0. The Morgan fingerprint density at radius 2 is 1.50 bits per heavy atom. The highest BCUT2D eigenvalue weighted by Gasteiger charge is 2.31. The molecule has 0 saturated carbocycles. The Kier molecular flexibility index (Phi) is 11.6. The number of aromatic nitrogens is 1. The number of aliphatic carboxylic acids is 2. The van der Waals surface area contributed by atoms with E-state index >= 15 is 0 Å². The fraction of sp³-hybridized carbons (Fsp3) is 0.462. The lowest BCUT2D eigenvalue weighted by Crippen LogP contribution is -2.57. The van der Waals surface area contributed by atoms with E-state index in [1.807, 2.05) is 24.3 Å². The SMILES string of the molecule is CC(C)CC(NC(=O)C(CCC(N)=O)NC(=O)C(N)Cc1c[nH]c2ccccc12)C(=O)NC(CC(=O)O)C(=O)O. The maximum Gasteiger partial charge on any atom is 0.326 e. The van der Waals surface area contributed by atoms with Gasteiger partial charge in [-0.1, -0.05) is 32.0 Å². The molecule has 4 unspecified atom stereocenters. The van der Waals surface area contributed by atoms with Crippen LogP contribution in [0.15, 0.2) is 30.5 Å². The lowest BCUT2D eigenvalue weighted by Gasteiger charge is -2.26. The summed E-state index contributed by atoms with van der Waals surface area (Å²) in [5.41, 5.74) is 13.0. The Morgan fingerprint density at radius 3 is 2.10 bits per heavy atom. The summed E-state index contributed by atoms with van der Waals surface area (Å²) in [5.74, 6) is -6.25. The van der Waals surface area contributed by atoms with Crippen molar-refractivity contribution in [3.63, 3.8) is 0 Å². The molecule has 0 aliphatic heterocycles. The smallest absolute Gasteiger partial charge is 0.326 e. The zero-order chi connectivity index (χ0) is 30.0. The van der Waals surface area contributed by atoms with Crippen LogP contribution in [-0.4, -0.2) is 74.9 Å². The number of nitrogens with two attached hydrogens (primary N) is 2. The van der Waals surface area contributed by atoms with Crippen molar-refractivity contribution in [2.24, 2.45) is 17.4 Å². The number of carbonyl (C=O) groups excluding carboxylic acids is 4. The molecule has 0 spiro atoms. The van der Waals surface area contributed by atoms with Crippen LogP contribution >= 0.6 is 0 Å². The van der Waals surface area contributed by atoms with Gasteiger partial charge in [-0.3, -0.25) is 24.0 Å². The number of rotatable bonds is 16. The van der Waals surface area contributed by atoms with Gasteiger partial charge in [-0.15, -0.1) is 0 Å². The van der Waals surface area contributed by atoms with Crippen LogP contribution < -0.4 is 27.4 Å². The van der Waals surface area contributed by atoms with Crippen LogP contribution in [0.1, 0.15) is 45.1 Å². The highest BCUT2D eigenvalue weighted by molar-refractivity contribution is 5.95. The van der Waals surface area contributed by atoms with Crippen molar-refractivity contribution in [2.45, 2.75) is 70.1 Å². The zero-order valence-corrected chi connectivity index (χ0v) is 22.3. The van der Waals surface area contributed by atoms with Crippen molar-refractivity contribution in [3.8, 4) is 0 Å². The quantitative estimate of drug-likeness (QED) is 0.130. The Bertz CT molecular complexity index is 1240. The molecule has 2 aromatic rings. The normalized spacial score (nSPS) is 14.1. The summed E-state index contributed by atoms with van der Waals surface area (Å²) in [5, 5.41) is 26.2. The van der Waals surface area contributed by atoms with Crippen LogP contribution in [0.2, 0.25) is 0 Å². The highest BCUT2D eigenvalue weighted by Crippen LogP contribution is 2.19. The van der Waals surface area contributed by atoms with Gasteiger partial charge in [0.25, 0.3) is 0 Å². The van der Waals surface area contributed by atoms with Gasteiger partial charge in [-0.2, -0.15) is 0 Å². The third-order valence-corrected chi connectivity index (χ3v) is 6.10. The minimum Gasteiger partial charge on any atom is -0.481 e. The van der Waals surface area contributed by atoms with Gasteiger partial charge in [0.05, 0.1) is 12.5 Å². The van der Waals surface area contributed by atoms with Crippen molar-refractivity contribution < 1.29 is 39.0 Å². The van der Waals surface area contributed by atoms with E-state index in [0.29, 0.717) is 0 Å². The minimum atomic E-state index is -1.72. The van der Waals surface area contributed by atoms with Crippen molar-refractivity contribution in [1.29, 1.82) is 0 Å². The summed E-state index contributed by atoms with van der Waals surface area (Å²) in [6, 6.07) is 2.15. The molecule has 14 nitrogen and oxygen atoms in total. The summed E-state index contributed by atoms with van der Waals surface area (Å²) in [4.78, 5) is 75.9. The topological polar surface area (TPSA) is 247 Å². The van der Waals surface area contributed by atoms with Gasteiger partial charge in [-0.05, 0) is 36.8 Å². The first-order valence-electron chi connectivity index (χ1n) is 12.7. The van der Waals surface area contributed by atoms with E-state index in [0.717, 1.165) is 16.5 Å². The van der Waals surface area contributed by atoms with Crippen LogP contribution in [0.3, 0.4) is 0 Å². The number of carbonyl (C=O) groups is 6.